The highest BCUT2D eigenvalue weighted by Crippen LogP contribution is 2.32. The molecule has 1 amide bonds. The first kappa shape index (κ1) is 13.9. The molecule has 4 heteroatoms. The molecule has 0 heterocycles. The smallest absolute Gasteiger partial charge is 0.236 e. The summed E-state index contributed by atoms with van der Waals surface area (Å²) >= 11 is 0. The van der Waals surface area contributed by atoms with Gasteiger partial charge in [-0.05, 0) is 49.4 Å². The Bertz CT molecular complexity index is 459. The summed E-state index contributed by atoms with van der Waals surface area (Å²) in [7, 11) is 3.36. The number of likely N-dealkylation sites (N-methyl/N-ethyl adjacent to an activating group) is 1. The number of aryl methyl sites for hydroxylation is 1. The summed E-state index contributed by atoms with van der Waals surface area (Å²) < 4.78 is 5.27. The molecule has 0 radical (unpaired) electrons. The third kappa shape index (κ3) is 3.07. The molecule has 0 saturated heterocycles. The summed E-state index contributed by atoms with van der Waals surface area (Å²) in [4.78, 5) is 11.6. The van der Waals surface area contributed by atoms with Gasteiger partial charge < -0.3 is 10.1 Å². The zero-order valence-corrected chi connectivity index (χ0v) is 11.8. The molecule has 19 heavy (non-hydrogen) atoms. The van der Waals surface area contributed by atoms with Crippen molar-refractivity contribution >= 4 is 5.91 Å². The summed E-state index contributed by atoms with van der Waals surface area (Å²) in [6, 6.07) is 6.28. The SMILES string of the molecule is CNC(=O)C(C)NC1CCCc2cc(OC)ccc21. The summed E-state index contributed by atoms with van der Waals surface area (Å²) in [5, 5.41) is 6.09. The summed E-state index contributed by atoms with van der Waals surface area (Å²) in [5.41, 5.74) is 2.62. The maximum absolute atomic E-state index is 11.6. The van der Waals surface area contributed by atoms with Gasteiger partial charge in [0, 0.05) is 13.1 Å². The molecular weight excluding hydrogens is 240 g/mol. The van der Waals surface area contributed by atoms with Gasteiger partial charge in [0.05, 0.1) is 13.2 Å². The molecule has 104 valence electrons. The van der Waals surface area contributed by atoms with E-state index in [2.05, 4.69) is 22.8 Å². The Morgan fingerprint density at radius 1 is 1.47 bits per heavy atom. The molecule has 0 bridgehead atoms. The number of methoxy groups -OCH3 is 1. The molecule has 0 spiro atoms. The lowest BCUT2D eigenvalue weighted by molar-refractivity contribution is -0.122. The van der Waals surface area contributed by atoms with Crippen molar-refractivity contribution in [2.24, 2.45) is 0 Å². The predicted molar refractivity (Wildman–Crippen MR) is 75.3 cm³/mol. The second kappa shape index (κ2) is 6.06. The number of amides is 1. The van der Waals surface area contributed by atoms with E-state index in [-0.39, 0.29) is 18.0 Å². The maximum atomic E-state index is 11.6. The molecule has 2 rings (SSSR count). The second-order valence-corrected chi connectivity index (χ2v) is 5.01. The van der Waals surface area contributed by atoms with Gasteiger partial charge in [-0.3, -0.25) is 10.1 Å². The molecule has 1 aliphatic carbocycles. The van der Waals surface area contributed by atoms with E-state index in [1.807, 2.05) is 13.0 Å². The van der Waals surface area contributed by atoms with Crippen LogP contribution in [0.3, 0.4) is 0 Å². The average Bonchev–Trinajstić information content (AvgIpc) is 2.45. The van der Waals surface area contributed by atoms with E-state index in [0.717, 1.165) is 25.0 Å². The number of hydrogen-bond acceptors (Lipinski definition) is 3. The van der Waals surface area contributed by atoms with Crippen LogP contribution in [0.4, 0.5) is 0 Å². The monoisotopic (exact) mass is 262 g/mol. The lowest BCUT2D eigenvalue weighted by atomic mass is 9.87. The Balaban J connectivity index is 2.16. The van der Waals surface area contributed by atoms with Crippen molar-refractivity contribution < 1.29 is 9.53 Å². The minimum Gasteiger partial charge on any atom is -0.497 e. The fraction of sp³-hybridized carbons (Fsp3) is 0.533. The zero-order valence-electron chi connectivity index (χ0n) is 11.8. The van der Waals surface area contributed by atoms with Crippen molar-refractivity contribution in [3.8, 4) is 5.75 Å². The first-order valence-electron chi connectivity index (χ1n) is 6.80. The van der Waals surface area contributed by atoms with Crippen LogP contribution in [0, 0.1) is 0 Å². The van der Waals surface area contributed by atoms with E-state index in [1.165, 1.54) is 11.1 Å². The molecule has 4 nitrogen and oxygen atoms in total. The van der Waals surface area contributed by atoms with Gasteiger partial charge in [0.2, 0.25) is 5.91 Å². The average molecular weight is 262 g/mol. The number of carbonyl (C=O) groups is 1. The number of hydrogen-bond donors (Lipinski definition) is 2. The molecule has 2 N–H and O–H groups in total. The Labute approximate surface area is 114 Å². The number of fused-ring (bicyclic) bond motifs is 1. The van der Waals surface area contributed by atoms with Crippen molar-refractivity contribution in [3.05, 3.63) is 29.3 Å². The Kier molecular flexibility index (Phi) is 4.43. The largest absolute Gasteiger partial charge is 0.497 e. The van der Waals surface area contributed by atoms with Crippen LogP contribution in [-0.2, 0) is 11.2 Å². The number of nitrogens with one attached hydrogen (secondary N) is 2. The molecule has 2 atom stereocenters. The van der Waals surface area contributed by atoms with Gasteiger partial charge in [0.1, 0.15) is 5.75 Å². The van der Waals surface area contributed by atoms with E-state index in [4.69, 9.17) is 4.74 Å². The predicted octanol–water partition coefficient (Wildman–Crippen LogP) is 1.80. The molecule has 1 aromatic carbocycles. The molecule has 0 saturated carbocycles. The minimum atomic E-state index is -0.178. The van der Waals surface area contributed by atoms with E-state index in [0.29, 0.717) is 0 Å². The Hall–Kier alpha value is -1.55. The number of benzene rings is 1. The molecule has 0 aromatic heterocycles. The van der Waals surface area contributed by atoms with Gasteiger partial charge in [0.25, 0.3) is 0 Å². The van der Waals surface area contributed by atoms with Crippen LogP contribution in [-0.4, -0.2) is 26.1 Å². The maximum Gasteiger partial charge on any atom is 0.236 e. The molecule has 1 aromatic rings. The van der Waals surface area contributed by atoms with Crippen molar-refractivity contribution in [2.45, 2.75) is 38.3 Å². The molecule has 0 aliphatic heterocycles. The van der Waals surface area contributed by atoms with E-state index >= 15 is 0 Å². The van der Waals surface area contributed by atoms with Crippen LogP contribution < -0.4 is 15.4 Å². The lowest BCUT2D eigenvalue weighted by Crippen LogP contribution is -2.43. The van der Waals surface area contributed by atoms with Crippen molar-refractivity contribution in [3.63, 3.8) is 0 Å². The quantitative estimate of drug-likeness (QED) is 0.870. The third-order valence-corrected chi connectivity index (χ3v) is 3.76. The van der Waals surface area contributed by atoms with Crippen LogP contribution in [0.1, 0.15) is 36.9 Å². The minimum absolute atomic E-state index is 0.0284. The van der Waals surface area contributed by atoms with Gasteiger partial charge in [-0.2, -0.15) is 0 Å². The fourth-order valence-corrected chi connectivity index (χ4v) is 2.68. The summed E-state index contributed by atoms with van der Waals surface area (Å²) in [6.45, 7) is 1.90. The first-order chi connectivity index (χ1) is 9.15. The number of ether oxygens (including phenoxy) is 1. The number of rotatable bonds is 4. The van der Waals surface area contributed by atoms with Gasteiger partial charge in [-0.1, -0.05) is 6.07 Å². The fourth-order valence-electron chi connectivity index (χ4n) is 2.68. The molecule has 2 unspecified atom stereocenters. The van der Waals surface area contributed by atoms with Crippen molar-refractivity contribution in [1.82, 2.24) is 10.6 Å². The highest BCUT2D eigenvalue weighted by atomic mass is 16.5. The standard InChI is InChI=1S/C15H22N2O2/c1-10(15(18)16-2)17-14-6-4-5-11-9-12(19-3)7-8-13(11)14/h7-10,14,17H,4-6H2,1-3H3,(H,16,18). The second-order valence-electron chi connectivity index (χ2n) is 5.01. The number of carbonyl (C=O) groups excluding carboxylic acids is 1. The topological polar surface area (TPSA) is 50.4 Å². The first-order valence-corrected chi connectivity index (χ1v) is 6.80. The van der Waals surface area contributed by atoms with Crippen LogP contribution in [0.5, 0.6) is 5.75 Å². The summed E-state index contributed by atoms with van der Waals surface area (Å²) in [6.07, 6.45) is 3.29. The molecule has 0 fully saturated rings. The van der Waals surface area contributed by atoms with Crippen molar-refractivity contribution in [2.75, 3.05) is 14.2 Å². The molecular formula is C15H22N2O2. The summed E-state index contributed by atoms with van der Waals surface area (Å²) in [5.74, 6) is 0.930. The Morgan fingerprint density at radius 2 is 2.26 bits per heavy atom. The highest BCUT2D eigenvalue weighted by Gasteiger charge is 2.23. The molecule has 1 aliphatic rings. The highest BCUT2D eigenvalue weighted by molar-refractivity contribution is 5.81. The van der Waals surface area contributed by atoms with Gasteiger partial charge >= 0.3 is 0 Å². The van der Waals surface area contributed by atoms with E-state index in [9.17, 15) is 4.79 Å². The van der Waals surface area contributed by atoms with Crippen LogP contribution in [0.15, 0.2) is 18.2 Å². The van der Waals surface area contributed by atoms with Gasteiger partial charge in [-0.25, -0.2) is 0 Å². The van der Waals surface area contributed by atoms with Gasteiger partial charge in [-0.15, -0.1) is 0 Å². The van der Waals surface area contributed by atoms with E-state index < -0.39 is 0 Å². The van der Waals surface area contributed by atoms with Crippen molar-refractivity contribution in [1.29, 1.82) is 0 Å². The third-order valence-electron chi connectivity index (χ3n) is 3.76. The Morgan fingerprint density at radius 3 is 2.95 bits per heavy atom. The lowest BCUT2D eigenvalue weighted by Gasteiger charge is -2.29. The van der Waals surface area contributed by atoms with Crippen LogP contribution in [0.25, 0.3) is 0 Å². The van der Waals surface area contributed by atoms with Gasteiger partial charge in [0.15, 0.2) is 0 Å². The van der Waals surface area contributed by atoms with Crippen LogP contribution in [0.2, 0.25) is 0 Å². The normalized spacial score (nSPS) is 19.4. The van der Waals surface area contributed by atoms with Crippen LogP contribution >= 0.6 is 0 Å². The zero-order chi connectivity index (χ0) is 13.8. The van der Waals surface area contributed by atoms with E-state index in [1.54, 1.807) is 14.2 Å².